The van der Waals surface area contributed by atoms with E-state index in [9.17, 15) is 9.59 Å². The molecule has 1 aliphatic rings. The quantitative estimate of drug-likeness (QED) is 0.832. The van der Waals surface area contributed by atoms with Crippen LogP contribution >= 0.6 is 0 Å². The predicted molar refractivity (Wildman–Crippen MR) is 105 cm³/mol. The smallest absolute Gasteiger partial charge is 0.274 e. The van der Waals surface area contributed by atoms with Crippen LogP contribution in [0.4, 0.5) is 0 Å². The van der Waals surface area contributed by atoms with Gasteiger partial charge in [0.2, 0.25) is 0 Å². The maximum Gasteiger partial charge on any atom is 0.274 e. The summed E-state index contributed by atoms with van der Waals surface area (Å²) in [5.41, 5.74) is 0.134. The van der Waals surface area contributed by atoms with Gasteiger partial charge < -0.3 is 10.1 Å². The van der Waals surface area contributed by atoms with Gasteiger partial charge in [-0.25, -0.2) is 4.68 Å². The molecule has 1 saturated heterocycles. The molecule has 1 aliphatic heterocycles. The lowest BCUT2D eigenvalue weighted by Gasteiger charge is -2.36. The van der Waals surface area contributed by atoms with Crippen LogP contribution in [0.2, 0.25) is 0 Å². The summed E-state index contributed by atoms with van der Waals surface area (Å²) in [7, 11) is 0. The summed E-state index contributed by atoms with van der Waals surface area (Å²) in [6.45, 7) is 10.3. The van der Waals surface area contributed by atoms with Gasteiger partial charge in [0.25, 0.3) is 11.5 Å². The SMILES string of the molecule is CCn1nc(C(=O)NC[C@H](C(C)C)N2CCOCC2)c2ccccc2c1=O. The Labute approximate surface area is 159 Å². The van der Waals surface area contributed by atoms with E-state index in [1.54, 1.807) is 18.2 Å². The Balaban J connectivity index is 1.83. The zero-order valence-corrected chi connectivity index (χ0v) is 16.3. The average molecular weight is 372 g/mol. The summed E-state index contributed by atoms with van der Waals surface area (Å²) < 4.78 is 6.78. The molecule has 1 amide bonds. The first-order valence-electron chi connectivity index (χ1n) is 9.62. The second-order valence-corrected chi connectivity index (χ2v) is 7.18. The van der Waals surface area contributed by atoms with E-state index in [-0.39, 0.29) is 17.5 Å². The fraction of sp³-hybridized carbons (Fsp3) is 0.550. The van der Waals surface area contributed by atoms with Crippen molar-refractivity contribution in [2.45, 2.75) is 33.4 Å². The first kappa shape index (κ1) is 19.5. The van der Waals surface area contributed by atoms with Crippen molar-refractivity contribution in [3.05, 3.63) is 40.3 Å². The Morgan fingerprint density at radius 1 is 1.22 bits per heavy atom. The highest BCUT2D eigenvalue weighted by Crippen LogP contribution is 2.15. The van der Waals surface area contributed by atoms with Gasteiger partial charge in [0, 0.05) is 37.6 Å². The number of nitrogens with one attached hydrogen (secondary N) is 1. The summed E-state index contributed by atoms with van der Waals surface area (Å²) in [5.74, 6) is 0.157. The Morgan fingerprint density at radius 2 is 1.89 bits per heavy atom. The molecule has 3 rings (SSSR count). The van der Waals surface area contributed by atoms with Crippen LogP contribution in [-0.2, 0) is 11.3 Å². The van der Waals surface area contributed by atoms with E-state index in [0.29, 0.717) is 35.5 Å². The molecule has 7 heteroatoms. The average Bonchev–Trinajstić information content (AvgIpc) is 2.69. The Hall–Kier alpha value is -2.25. The number of fused-ring (bicyclic) bond motifs is 1. The number of morpholine rings is 1. The minimum absolute atomic E-state index is 0.168. The molecular weight excluding hydrogens is 344 g/mol. The number of hydrogen-bond acceptors (Lipinski definition) is 5. The molecule has 0 saturated carbocycles. The number of carbonyl (C=O) groups excluding carboxylic acids is 1. The molecule has 0 radical (unpaired) electrons. The van der Waals surface area contributed by atoms with Crippen LogP contribution in [0.15, 0.2) is 29.1 Å². The number of aromatic nitrogens is 2. The largest absolute Gasteiger partial charge is 0.379 e. The molecule has 1 aromatic carbocycles. The minimum atomic E-state index is -0.243. The Bertz CT molecular complexity index is 856. The summed E-state index contributed by atoms with van der Waals surface area (Å²) in [5, 5.41) is 8.47. The van der Waals surface area contributed by atoms with E-state index >= 15 is 0 Å². The normalized spacial score (nSPS) is 16.6. The lowest BCUT2D eigenvalue weighted by molar-refractivity contribution is 0.00671. The van der Waals surface area contributed by atoms with Crippen LogP contribution in [-0.4, -0.2) is 59.5 Å². The van der Waals surface area contributed by atoms with Gasteiger partial charge in [-0.15, -0.1) is 0 Å². The van der Waals surface area contributed by atoms with Gasteiger partial charge in [0.05, 0.1) is 18.6 Å². The van der Waals surface area contributed by atoms with Crippen LogP contribution in [0.1, 0.15) is 31.3 Å². The molecule has 0 unspecified atom stereocenters. The zero-order chi connectivity index (χ0) is 19.4. The summed E-state index contributed by atoms with van der Waals surface area (Å²) in [4.78, 5) is 27.7. The number of nitrogens with zero attached hydrogens (tertiary/aromatic N) is 3. The number of benzene rings is 1. The van der Waals surface area contributed by atoms with Crippen molar-refractivity contribution in [3.8, 4) is 0 Å². The van der Waals surface area contributed by atoms with Crippen LogP contribution in [0.3, 0.4) is 0 Å². The fourth-order valence-electron chi connectivity index (χ4n) is 3.59. The molecule has 1 N–H and O–H groups in total. The molecule has 1 atom stereocenters. The topological polar surface area (TPSA) is 76.5 Å². The lowest BCUT2D eigenvalue weighted by Crippen LogP contribution is -2.51. The number of ether oxygens (including phenoxy) is 1. The van der Waals surface area contributed by atoms with Gasteiger partial charge in [-0.1, -0.05) is 32.0 Å². The first-order chi connectivity index (χ1) is 13.0. The first-order valence-corrected chi connectivity index (χ1v) is 9.62. The predicted octanol–water partition coefficient (Wildman–Crippen LogP) is 1.50. The minimum Gasteiger partial charge on any atom is -0.379 e. The van der Waals surface area contributed by atoms with Gasteiger partial charge in [0.1, 0.15) is 0 Å². The molecule has 1 aromatic heterocycles. The molecule has 0 aliphatic carbocycles. The molecule has 0 spiro atoms. The van der Waals surface area contributed by atoms with Gasteiger partial charge in [-0.05, 0) is 18.9 Å². The Kier molecular flexibility index (Phi) is 6.23. The van der Waals surface area contributed by atoms with Gasteiger partial charge >= 0.3 is 0 Å². The highest BCUT2D eigenvalue weighted by molar-refractivity contribution is 6.04. The van der Waals surface area contributed by atoms with Crippen LogP contribution in [0.25, 0.3) is 10.8 Å². The molecule has 0 bridgehead atoms. The molecule has 2 heterocycles. The van der Waals surface area contributed by atoms with Crippen molar-refractivity contribution in [2.24, 2.45) is 5.92 Å². The van der Waals surface area contributed by atoms with Crippen LogP contribution in [0, 0.1) is 5.92 Å². The molecular formula is C20H28N4O3. The van der Waals surface area contributed by atoms with E-state index in [4.69, 9.17) is 4.74 Å². The van der Waals surface area contributed by atoms with E-state index in [2.05, 4.69) is 29.2 Å². The van der Waals surface area contributed by atoms with Gasteiger partial charge in [-0.3, -0.25) is 14.5 Å². The second-order valence-electron chi connectivity index (χ2n) is 7.18. The second kappa shape index (κ2) is 8.63. The summed E-state index contributed by atoms with van der Waals surface area (Å²) in [6, 6.07) is 7.38. The number of rotatable bonds is 6. The molecule has 27 heavy (non-hydrogen) atoms. The molecule has 1 fully saturated rings. The van der Waals surface area contributed by atoms with Gasteiger partial charge in [-0.2, -0.15) is 5.10 Å². The van der Waals surface area contributed by atoms with Crippen LogP contribution < -0.4 is 10.9 Å². The number of amides is 1. The number of hydrogen-bond donors (Lipinski definition) is 1. The van der Waals surface area contributed by atoms with E-state index < -0.39 is 0 Å². The third-order valence-corrected chi connectivity index (χ3v) is 5.14. The van der Waals surface area contributed by atoms with Gasteiger partial charge in [0.15, 0.2) is 5.69 Å². The molecule has 2 aromatic rings. The monoisotopic (exact) mass is 372 g/mol. The molecule has 7 nitrogen and oxygen atoms in total. The van der Waals surface area contributed by atoms with E-state index in [1.165, 1.54) is 4.68 Å². The number of aryl methyl sites for hydroxylation is 1. The van der Waals surface area contributed by atoms with Crippen molar-refractivity contribution in [1.29, 1.82) is 0 Å². The molecule has 146 valence electrons. The third-order valence-electron chi connectivity index (χ3n) is 5.14. The van der Waals surface area contributed by atoms with Crippen molar-refractivity contribution in [3.63, 3.8) is 0 Å². The van der Waals surface area contributed by atoms with E-state index in [1.807, 2.05) is 13.0 Å². The van der Waals surface area contributed by atoms with Crippen molar-refractivity contribution in [1.82, 2.24) is 20.0 Å². The van der Waals surface area contributed by atoms with Crippen molar-refractivity contribution < 1.29 is 9.53 Å². The summed E-state index contributed by atoms with van der Waals surface area (Å²) >= 11 is 0. The van der Waals surface area contributed by atoms with E-state index in [0.717, 1.165) is 26.3 Å². The number of carbonyl (C=O) groups is 1. The maximum absolute atomic E-state index is 12.9. The van der Waals surface area contributed by atoms with Crippen molar-refractivity contribution in [2.75, 3.05) is 32.8 Å². The zero-order valence-electron chi connectivity index (χ0n) is 16.3. The standard InChI is InChI=1S/C20H28N4O3/c1-4-24-20(26)16-8-6-5-7-15(16)18(22-24)19(25)21-13-17(14(2)3)23-9-11-27-12-10-23/h5-8,14,17H,4,9-13H2,1-3H3,(H,21,25)/t17-/m1/s1. The Morgan fingerprint density at radius 3 is 2.52 bits per heavy atom. The highest BCUT2D eigenvalue weighted by Gasteiger charge is 2.25. The summed E-state index contributed by atoms with van der Waals surface area (Å²) in [6.07, 6.45) is 0. The lowest BCUT2D eigenvalue weighted by atomic mass is 10.0. The maximum atomic E-state index is 12.9. The highest BCUT2D eigenvalue weighted by atomic mass is 16.5. The fourth-order valence-corrected chi connectivity index (χ4v) is 3.59. The third kappa shape index (κ3) is 4.20. The van der Waals surface area contributed by atoms with Crippen LogP contribution in [0.5, 0.6) is 0 Å². The van der Waals surface area contributed by atoms with Crippen molar-refractivity contribution >= 4 is 16.7 Å².